The van der Waals surface area contributed by atoms with Gasteiger partial charge in [0, 0.05) is 13.1 Å². The lowest BCUT2D eigenvalue weighted by Gasteiger charge is -2.16. The van der Waals surface area contributed by atoms with Gasteiger partial charge in [-0.2, -0.15) is 13.2 Å². The van der Waals surface area contributed by atoms with Crippen molar-refractivity contribution >= 4 is 21.7 Å². The highest BCUT2D eigenvalue weighted by atomic mass is 79.9. The fourth-order valence-corrected chi connectivity index (χ4v) is 2.42. The van der Waals surface area contributed by atoms with E-state index in [1.54, 1.807) is 0 Å². The number of nitrogens with one attached hydrogen (secondary N) is 1. The first-order valence-electron chi connectivity index (χ1n) is 6.17. The second kappa shape index (κ2) is 6.09. The molecule has 1 aliphatic rings. The van der Waals surface area contributed by atoms with Crippen LogP contribution >= 0.6 is 15.9 Å². The first-order valence-corrected chi connectivity index (χ1v) is 6.96. The van der Waals surface area contributed by atoms with Gasteiger partial charge in [0.15, 0.2) is 0 Å². The Bertz CT molecular complexity index is 431. The van der Waals surface area contributed by atoms with Crippen molar-refractivity contribution in [2.45, 2.75) is 19.0 Å². The van der Waals surface area contributed by atoms with E-state index in [0.717, 1.165) is 25.7 Å². The average Bonchev–Trinajstić information content (AvgIpc) is 2.83. The average molecular weight is 338 g/mol. The molecule has 0 spiro atoms. The van der Waals surface area contributed by atoms with Gasteiger partial charge in [-0.05, 0) is 54.0 Å². The Hall–Kier alpha value is -0.820. The summed E-state index contributed by atoms with van der Waals surface area (Å²) in [7, 11) is 0. The molecule has 1 aromatic rings. The number of alkyl halides is 3. The van der Waals surface area contributed by atoms with Crippen molar-refractivity contribution in [3.63, 3.8) is 0 Å². The van der Waals surface area contributed by atoms with Crippen LogP contribution in [-0.2, 0) is 6.18 Å². The summed E-state index contributed by atoms with van der Waals surface area (Å²) in [4.78, 5) is 5.89. The maximum Gasteiger partial charge on any atom is 0.433 e. The molecule has 0 amide bonds. The van der Waals surface area contributed by atoms with Crippen molar-refractivity contribution in [1.29, 1.82) is 0 Å². The number of rotatable bonds is 4. The molecule has 0 unspecified atom stereocenters. The molecule has 1 saturated heterocycles. The zero-order valence-corrected chi connectivity index (χ0v) is 11.9. The van der Waals surface area contributed by atoms with Gasteiger partial charge >= 0.3 is 6.18 Å². The molecular formula is C12H15BrF3N3. The van der Waals surface area contributed by atoms with Crippen LogP contribution in [0.15, 0.2) is 16.6 Å². The van der Waals surface area contributed by atoms with Crippen molar-refractivity contribution in [2.75, 3.05) is 31.5 Å². The molecule has 3 nitrogen and oxygen atoms in total. The van der Waals surface area contributed by atoms with E-state index < -0.39 is 11.9 Å². The fraction of sp³-hybridized carbons (Fsp3) is 0.583. The molecule has 7 heteroatoms. The van der Waals surface area contributed by atoms with Crippen molar-refractivity contribution in [1.82, 2.24) is 9.88 Å². The van der Waals surface area contributed by atoms with Crippen LogP contribution in [0.5, 0.6) is 0 Å². The molecule has 106 valence electrons. The van der Waals surface area contributed by atoms with E-state index in [-0.39, 0.29) is 5.82 Å². The van der Waals surface area contributed by atoms with E-state index in [1.807, 2.05) is 0 Å². The second-order valence-electron chi connectivity index (χ2n) is 4.50. The number of hydrogen-bond acceptors (Lipinski definition) is 3. The summed E-state index contributed by atoms with van der Waals surface area (Å²) in [5.74, 6) is 0.244. The summed E-state index contributed by atoms with van der Waals surface area (Å²) in [6.45, 7) is 3.55. The molecule has 1 aliphatic heterocycles. The smallest absolute Gasteiger partial charge is 0.368 e. The highest BCUT2D eigenvalue weighted by Gasteiger charge is 2.32. The number of anilines is 1. The molecule has 0 radical (unpaired) electrons. The quantitative estimate of drug-likeness (QED) is 0.912. The molecule has 2 rings (SSSR count). The molecule has 1 N–H and O–H groups in total. The van der Waals surface area contributed by atoms with Crippen LogP contribution in [0.4, 0.5) is 19.0 Å². The van der Waals surface area contributed by atoms with Crippen molar-refractivity contribution in [3.05, 3.63) is 22.3 Å². The molecule has 0 atom stereocenters. The minimum Gasteiger partial charge on any atom is -0.368 e. The molecule has 1 aromatic heterocycles. The SMILES string of the molecule is FC(F)(F)c1ccc(Br)c(NCCN2CCCC2)n1. The van der Waals surface area contributed by atoms with Gasteiger partial charge < -0.3 is 10.2 Å². The minimum atomic E-state index is -4.41. The Morgan fingerprint density at radius 3 is 2.58 bits per heavy atom. The highest BCUT2D eigenvalue weighted by Crippen LogP contribution is 2.30. The van der Waals surface area contributed by atoms with Crippen LogP contribution < -0.4 is 5.32 Å². The molecular weight excluding hydrogens is 323 g/mol. The van der Waals surface area contributed by atoms with E-state index in [4.69, 9.17) is 0 Å². The Kier molecular flexibility index (Phi) is 4.67. The van der Waals surface area contributed by atoms with Crippen LogP contribution in [-0.4, -0.2) is 36.1 Å². The van der Waals surface area contributed by atoms with Gasteiger partial charge in [-0.25, -0.2) is 4.98 Å². The largest absolute Gasteiger partial charge is 0.433 e. The fourth-order valence-electron chi connectivity index (χ4n) is 2.06. The monoisotopic (exact) mass is 337 g/mol. The van der Waals surface area contributed by atoms with Crippen LogP contribution in [0.25, 0.3) is 0 Å². The van der Waals surface area contributed by atoms with Crippen LogP contribution in [0.3, 0.4) is 0 Å². The zero-order chi connectivity index (χ0) is 13.9. The van der Waals surface area contributed by atoms with E-state index in [1.165, 1.54) is 18.9 Å². The van der Waals surface area contributed by atoms with Gasteiger partial charge in [-0.15, -0.1) is 0 Å². The molecule has 2 heterocycles. The van der Waals surface area contributed by atoms with Gasteiger partial charge in [0.2, 0.25) is 0 Å². The third kappa shape index (κ3) is 4.07. The Morgan fingerprint density at radius 2 is 1.95 bits per heavy atom. The molecule has 0 aliphatic carbocycles. The standard InChI is InChI=1S/C12H15BrF3N3/c13-9-3-4-10(12(14,15)16)18-11(9)17-5-8-19-6-1-2-7-19/h3-4H,1-2,5-8H2,(H,17,18). The lowest BCUT2D eigenvalue weighted by Crippen LogP contribution is -2.26. The molecule has 1 fully saturated rings. The van der Waals surface area contributed by atoms with Crippen LogP contribution in [0.2, 0.25) is 0 Å². The summed E-state index contributed by atoms with van der Waals surface area (Å²) < 4.78 is 38.2. The number of aromatic nitrogens is 1. The van der Waals surface area contributed by atoms with Gasteiger partial charge in [-0.3, -0.25) is 0 Å². The van der Waals surface area contributed by atoms with Crippen LogP contribution in [0.1, 0.15) is 18.5 Å². The first kappa shape index (κ1) is 14.6. The number of likely N-dealkylation sites (tertiary alicyclic amines) is 1. The summed E-state index contributed by atoms with van der Waals surface area (Å²) >= 11 is 3.20. The van der Waals surface area contributed by atoms with E-state index in [0.29, 0.717) is 11.0 Å². The van der Waals surface area contributed by atoms with E-state index in [9.17, 15) is 13.2 Å². The van der Waals surface area contributed by atoms with Gasteiger partial charge in [-0.1, -0.05) is 0 Å². The third-order valence-corrected chi connectivity index (χ3v) is 3.70. The Labute approximate surface area is 118 Å². The highest BCUT2D eigenvalue weighted by molar-refractivity contribution is 9.10. The molecule has 19 heavy (non-hydrogen) atoms. The Balaban J connectivity index is 1.94. The normalized spacial score (nSPS) is 16.8. The third-order valence-electron chi connectivity index (χ3n) is 3.06. The summed E-state index contributed by atoms with van der Waals surface area (Å²) in [5.41, 5.74) is -0.876. The van der Waals surface area contributed by atoms with Gasteiger partial charge in [0.25, 0.3) is 0 Å². The maximum atomic E-state index is 12.6. The number of halogens is 4. The second-order valence-corrected chi connectivity index (χ2v) is 5.35. The molecule has 0 aromatic carbocycles. The zero-order valence-electron chi connectivity index (χ0n) is 10.3. The lowest BCUT2D eigenvalue weighted by atomic mass is 10.3. The maximum absolute atomic E-state index is 12.6. The predicted octanol–water partition coefficient (Wildman–Crippen LogP) is 3.37. The van der Waals surface area contributed by atoms with Gasteiger partial charge in [0.05, 0.1) is 4.47 Å². The minimum absolute atomic E-state index is 0.244. The molecule has 0 saturated carbocycles. The Morgan fingerprint density at radius 1 is 1.26 bits per heavy atom. The van der Waals surface area contributed by atoms with Gasteiger partial charge in [0.1, 0.15) is 11.5 Å². The first-order chi connectivity index (χ1) is 8.97. The summed E-state index contributed by atoms with van der Waals surface area (Å²) in [6, 6.07) is 2.34. The lowest BCUT2D eigenvalue weighted by molar-refractivity contribution is -0.141. The van der Waals surface area contributed by atoms with E-state index in [2.05, 4.69) is 31.1 Å². The predicted molar refractivity (Wildman–Crippen MR) is 71.1 cm³/mol. The molecule has 0 bridgehead atoms. The summed E-state index contributed by atoms with van der Waals surface area (Å²) in [5, 5.41) is 2.95. The number of hydrogen-bond donors (Lipinski definition) is 1. The topological polar surface area (TPSA) is 28.2 Å². The van der Waals surface area contributed by atoms with Crippen molar-refractivity contribution < 1.29 is 13.2 Å². The number of nitrogens with zero attached hydrogens (tertiary/aromatic N) is 2. The number of pyridine rings is 1. The van der Waals surface area contributed by atoms with Crippen molar-refractivity contribution in [3.8, 4) is 0 Å². The summed E-state index contributed by atoms with van der Waals surface area (Å²) in [6.07, 6.45) is -2.01. The van der Waals surface area contributed by atoms with Crippen LogP contribution in [0, 0.1) is 0 Å². The van der Waals surface area contributed by atoms with Crippen molar-refractivity contribution in [2.24, 2.45) is 0 Å². The van der Waals surface area contributed by atoms with E-state index >= 15 is 0 Å².